The van der Waals surface area contributed by atoms with Gasteiger partial charge in [0, 0.05) is 16.3 Å². The van der Waals surface area contributed by atoms with Gasteiger partial charge in [-0.15, -0.1) is 0 Å². The average molecular weight is 440 g/mol. The highest BCUT2D eigenvalue weighted by Gasteiger charge is 2.35. The highest BCUT2D eigenvalue weighted by Crippen LogP contribution is 2.46. The Hall–Kier alpha value is -1.66. The van der Waals surface area contributed by atoms with E-state index < -0.39 is 7.65 Å². The molecule has 168 valence electrons. The molecule has 0 fully saturated rings. The van der Waals surface area contributed by atoms with E-state index in [0.29, 0.717) is 0 Å². The second-order valence-corrected chi connectivity index (χ2v) is 14.2. The molecule has 1 aromatic heterocycles. The molecule has 0 N–H and O–H groups in total. The largest absolute Gasteiger partial charge is 0.597 e. The third-order valence-corrected chi connectivity index (χ3v) is 7.24. The zero-order valence-corrected chi connectivity index (χ0v) is 22.0. The second kappa shape index (κ2) is 7.73. The first-order valence-electron chi connectivity index (χ1n) is 11.4. The van der Waals surface area contributed by atoms with Gasteiger partial charge >= 0.3 is 7.65 Å². The molecule has 3 rings (SSSR count). The molecule has 1 heterocycles. The summed E-state index contributed by atoms with van der Waals surface area (Å²) in [6, 6.07) is 12.6. The summed E-state index contributed by atoms with van der Waals surface area (Å²) in [4.78, 5) is 0. The van der Waals surface area contributed by atoms with Gasteiger partial charge in [-0.25, -0.2) is 4.20 Å². The molecule has 0 aliphatic carbocycles. The van der Waals surface area contributed by atoms with Gasteiger partial charge in [0.25, 0.3) is 0 Å². The maximum absolute atomic E-state index is 13.0. The third kappa shape index (κ3) is 5.23. The van der Waals surface area contributed by atoms with Gasteiger partial charge < -0.3 is 0 Å². The van der Waals surface area contributed by atoms with Gasteiger partial charge in [-0.3, -0.25) is 0 Å². The van der Waals surface area contributed by atoms with Crippen LogP contribution in [0.4, 0.5) is 0 Å². The van der Waals surface area contributed by atoms with Crippen LogP contribution in [0.5, 0.6) is 0 Å². The number of rotatable bonds is 4. The van der Waals surface area contributed by atoms with Gasteiger partial charge in [-0.2, -0.15) is 0 Å². The smallest absolute Gasteiger partial charge is 0.249 e. The lowest BCUT2D eigenvalue weighted by molar-refractivity contribution is 0.279. The standard InChI is InChI=1S/C28H40O2P/c1-25(2,3)17-27(7,8)19-15-21-20-13-11-12-14-23(20)31(29)30-24(21)22(16-19)28(9,10)18-26(4,5)6/h11-16H,17-18H2,1-10H3/q+1. The molecule has 31 heavy (non-hydrogen) atoms. The molecular formula is C28H40O2P+. The van der Waals surface area contributed by atoms with Crippen molar-refractivity contribution < 1.29 is 8.76 Å². The molecule has 0 amide bonds. The molecule has 0 saturated carbocycles. The SMILES string of the molecule is CC(C)(C)CC(C)(C)c1cc(C(C)(C)CC(C)(C)C)c2o[p+](=O)c3ccccc3c2c1. The van der Waals surface area contributed by atoms with Crippen LogP contribution in [0.15, 0.2) is 40.6 Å². The number of hydrogen-bond donors (Lipinski definition) is 0. The summed E-state index contributed by atoms with van der Waals surface area (Å²) in [6.07, 6.45) is 2.09. The van der Waals surface area contributed by atoms with Gasteiger partial charge in [-0.1, -0.05) is 87.4 Å². The summed E-state index contributed by atoms with van der Waals surface area (Å²) in [6.45, 7) is 23.0. The van der Waals surface area contributed by atoms with Crippen molar-refractivity contribution in [3.8, 4) is 0 Å². The van der Waals surface area contributed by atoms with Gasteiger partial charge in [-0.05, 0) is 62.8 Å². The molecule has 2 nitrogen and oxygen atoms in total. The van der Waals surface area contributed by atoms with Gasteiger partial charge in [0.05, 0.1) is 0 Å². The van der Waals surface area contributed by atoms with E-state index in [9.17, 15) is 4.57 Å². The predicted molar refractivity (Wildman–Crippen MR) is 136 cm³/mol. The van der Waals surface area contributed by atoms with E-state index in [1.165, 1.54) is 11.1 Å². The average Bonchev–Trinajstić information content (AvgIpc) is 2.57. The zero-order valence-electron chi connectivity index (χ0n) is 21.1. The number of hydrogen-bond acceptors (Lipinski definition) is 2. The van der Waals surface area contributed by atoms with E-state index in [2.05, 4.69) is 87.4 Å². The topological polar surface area (TPSA) is 30.2 Å². The van der Waals surface area contributed by atoms with Crippen LogP contribution in [-0.4, -0.2) is 0 Å². The highest BCUT2D eigenvalue weighted by molar-refractivity contribution is 7.37. The van der Waals surface area contributed by atoms with Crippen molar-refractivity contribution in [2.24, 2.45) is 10.8 Å². The second-order valence-electron chi connectivity index (χ2n) is 13.0. The molecule has 1 atom stereocenters. The van der Waals surface area contributed by atoms with Crippen molar-refractivity contribution in [1.29, 1.82) is 0 Å². The minimum Gasteiger partial charge on any atom is -0.249 e. The molecule has 3 aromatic rings. The van der Waals surface area contributed by atoms with Gasteiger partial charge in [0.1, 0.15) is 0 Å². The maximum atomic E-state index is 13.0. The Morgan fingerprint density at radius 2 is 1.29 bits per heavy atom. The number of fused-ring (bicyclic) bond motifs is 3. The van der Waals surface area contributed by atoms with Crippen LogP contribution in [0.25, 0.3) is 21.5 Å². The summed E-state index contributed by atoms with van der Waals surface area (Å²) < 4.78 is 19.2. The first-order valence-corrected chi connectivity index (χ1v) is 12.6. The third-order valence-electron chi connectivity index (χ3n) is 6.11. The Bertz CT molecular complexity index is 1170. The molecular weight excluding hydrogens is 399 g/mol. The van der Waals surface area contributed by atoms with E-state index in [-0.39, 0.29) is 21.7 Å². The molecule has 0 aliphatic rings. The van der Waals surface area contributed by atoms with E-state index in [1.54, 1.807) is 0 Å². The van der Waals surface area contributed by atoms with Gasteiger partial charge in [0.2, 0.25) is 5.12 Å². The van der Waals surface area contributed by atoms with Gasteiger partial charge in [0.15, 0.2) is 5.58 Å². The van der Waals surface area contributed by atoms with Crippen LogP contribution < -0.4 is 0 Å². The highest BCUT2D eigenvalue weighted by atomic mass is 31.1. The van der Waals surface area contributed by atoms with Crippen LogP contribution in [0.2, 0.25) is 0 Å². The predicted octanol–water partition coefficient (Wildman–Crippen LogP) is 9.76. The van der Waals surface area contributed by atoms with Crippen molar-refractivity contribution in [2.45, 2.75) is 92.9 Å². The Morgan fingerprint density at radius 1 is 0.742 bits per heavy atom. The fourth-order valence-corrected chi connectivity index (χ4v) is 6.72. The molecule has 2 aromatic carbocycles. The van der Waals surface area contributed by atoms with E-state index in [0.717, 1.165) is 34.3 Å². The molecule has 0 radical (unpaired) electrons. The fraction of sp³-hybridized carbons (Fsp3) is 0.571. The molecule has 1 unspecified atom stereocenters. The molecule has 3 heteroatoms. The van der Waals surface area contributed by atoms with Crippen molar-refractivity contribution in [1.82, 2.24) is 0 Å². The summed E-state index contributed by atoms with van der Waals surface area (Å²) in [7, 11) is -1.90. The minimum absolute atomic E-state index is 0.00837. The summed E-state index contributed by atoms with van der Waals surface area (Å²) >= 11 is 0. The van der Waals surface area contributed by atoms with Crippen LogP contribution in [0, 0.1) is 10.8 Å². The Labute approximate surface area is 189 Å². The van der Waals surface area contributed by atoms with Crippen LogP contribution in [-0.2, 0) is 15.4 Å². The molecule has 0 spiro atoms. The molecule has 0 saturated heterocycles. The van der Waals surface area contributed by atoms with Crippen molar-refractivity contribution in [3.63, 3.8) is 0 Å². The lowest BCUT2D eigenvalue weighted by atomic mass is 9.68. The first kappa shape index (κ1) is 24.0. The quantitative estimate of drug-likeness (QED) is 0.379. The summed E-state index contributed by atoms with van der Waals surface area (Å²) in [5, 5.41) is 2.93. The van der Waals surface area contributed by atoms with Crippen LogP contribution in [0.1, 0.15) is 93.2 Å². The number of benzene rings is 2. The van der Waals surface area contributed by atoms with Crippen molar-refractivity contribution in [2.75, 3.05) is 0 Å². The van der Waals surface area contributed by atoms with E-state index >= 15 is 0 Å². The fourth-order valence-electron chi connectivity index (χ4n) is 5.66. The Kier molecular flexibility index (Phi) is 5.98. The monoisotopic (exact) mass is 439 g/mol. The summed E-state index contributed by atoms with van der Waals surface area (Å²) in [5.74, 6) is 0. The van der Waals surface area contributed by atoms with E-state index in [4.69, 9.17) is 4.20 Å². The Morgan fingerprint density at radius 3 is 1.87 bits per heavy atom. The summed E-state index contributed by atoms with van der Waals surface area (Å²) in [5.41, 5.74) is 3.60. The van der Waals surface area contributed by atoms with Crippen LogP contribution in [0.3, 0.4) is 0 Å². The molecule has 0 aliphatic heterocycles. The van der Waals surface area contributed by atoms with Crippen molar-refractivity contribution >= 4 is 29.1 Å². The Balaban J connectivity index is 2.42. The lowest BCUT2D eigenvalue weighted by Gasteiger charge is -2.36. The zero-order chi connectivity index (χ0) is 23.4. The lowest BCUT2D eigenvalue weighted by Crippen LogP contribution is -2.28. The maximum Gasteiger partial charge on any atom is 0.597 e. The van der Waals surface area contributed by atoms with Crippen LogP contribution >= 0.6 is 7.65 Å². The van der Waals surface area contributed by atoms with Crippen molar-refractivity contribution in [3.05, 3.63) is 47.5 Å². The molecule has 0 bridgehead atoms. The normalized spacial score (nSPS) is 14.5. The minimum atomic E-state index is -1.90. The van der Waals surface area contributed by atoms with E-state index in [1.807, 2.05) is 18.2 Å². The first-order chi connectivity index (χ1) is 14.0.